The maximum atomic E-state index is 12.6. The number of benzene rings is 1. The first-order valence-corrected chi connectivity index (χ1v) is 6.94. The van der Waals surface area contributed by atoms with Crippen LogP contribution in [0.5, 0.6) is 0 Å². The van der Waals surface area contributed by atoms with Gasteiger partial charge in [0.1, 0.15) is 0 Å². The predicted molar refractivity (Wildman–Crippen MR) is 75.3 cm³/mol. The topological polar surface area (TPSA) is 55.4 Å². The van der Waals surface area contributed by atoms with E-state index >= 15 is 0 Å². The lowest BCUT2D eigenvalue weighted by Crippen LogP contribution is -2.39. The molecule has 1 unspecified atom stereocenters. The third-order valence-electron chi connectivity index (χ3n) is 4.10. The molecule has 104 valence electrons. The second-order valence-corrected chi connectivity index (χ2v) is 5.25. The van der Waals surface area contributed by atoms with Gasteiger partial charge in [0, 0.05) is 11.3 Å². The van der Waals surface area contributed by atoms with Crippen molar-refractivity contribution < 1.29 is 14.3 Å². The third-order valence-corrected chi connectivity index (χ3v) is 4.10. The van der Waals surface area contributed by atoms with Gasteiger partial charge >= 0.3 is 5.97 Å². The number of carbonyl (C=O) groups excluding carboxylic acids is 2. The Labute approximate surface area is 117 Å². The van der Waals surface area contributed by atoms with Crippen molar-refractivity contribution in [2.45, 2.75) is 31.6 Å². The number of hydrogen-bond donors (Lipinski definition) is 1. The first-order chi connectivity index (χ1) is 9.67. The largest absolute Gasteiger partial charge is 0.465 e. The van der Waals surface area contributed by atoms with Crippen molar-refractivity contribution in [2.75, 3.05) is 11.9 Å². The fraction of sp³-hybridized carbons (Fsp3) is 0.375. The Morgan fingerprint density at radius 1 is 1.40 bits per heavy atom. The molecular formula is C16H17NO3. The second-order valence-electron chi connectivity index (χ2n) is 5.25. The molecule has 1 atom stereocenters. The quantitative estimate of drug-likeness (QED) is 0.841. The van der Waals surface area contributed by atoms with E-state index in [2.05, 4.69) is 5.32 Å². The molecule has 1 aromatic rings. The first-order valence-electron chi connectivity index (χ1n) is 6.94. The van der Waals surface area contributed by atoms with Gasteiger partial charge in [-0.1, -0.05) is 24.3 Å². The molecule has 1 heterocycles. The summed E-state index contributed by atoms with van der Waals surface area (Å²) in [6, 6.07) is 7.52. The summed E-state index contributed by atoms with van der Waals surface area (Å²) in [7, 11) is 0. The molecule has 2 bridgehead atoms. The van der Waals surface area contributed by atoms with Crippen molar-refractivity contribution in [1.29, 1.82) is 0 Å². The number of hydrogen-bond acceptors (Lipinski definition) is 3. The minimum Gasteiger partial charge on any atom is -0.465 e. The Hall–Kier alpha value is -2.10. The zero-order chi connectivity index (χ0) is 14.2. The zero-order valence-electron chi connectivity index (χ0n) is 11.4. The van der Waals surface area contributed by atoms with Crippen molar-refractivity contribution in [3.63, 3.8) is 0 Å². The molecule has 1 aromatic carbocycles. The number of ether oxygens (including phenoxy) is 1. The van der Waals surface area contributed by atoms with Crippen molar-refractivity contribution in [2.24, 2.45) is 0 Å². The number of rotatable bonds is 2. The SMILES string of the molecule is CCOC(=O)C12CCC=C(C1)C(=O)Nc1ccccc12. The Kier molecular flexibility index (Phi) is 3.08. The minimum absolute atomic E-state index is 0.108. The lowest BCUT2D eigenvalue weighted by molar-refractivity contribution is -0.150. The summed E-state index contributed by atoms with van der Waals surface area (Å²) < 4.78 is 5.30. The van der Waals surface area contributed by atoms with E-state index < -0.39 is 5.41 Å². The smallest absolute Gasteiger partial charge is 0.316 e. The molecule has 0 spiro atoms. The molecule has 1 amide bonds. The van der Waals surface area contributed by atoms with Gasteiger partial charge in [-0.15, -0.1) is 0 Å². The van der Waals surface area contributed by atoms with E-state index in [4.69, 9.17) is 4.74 Å². The average molecular weight is 271 g/mol. The van der Waals surface area contributed by atoms with Crippen LogP contribution in [0.1, 0.15) is 31.7 Å². The molecule has 2 aliphatic rings. The van der Waals surface area contributed by atoms with Crippen LogP contribution in [0.15, 0.2) is 35.9 Å². The number of allylic oxidation sites excluding steroid dienone is 1. The summed E-state index contributed by atoms with van der Waals surface area (Å²) in [5, 5.41) is 2.90. The van der Waals surface area contributed by atoms with Gasteiger partial charge in [0.15, 0.2) is 0 Å². The molecule has 1 N–H and O–H groups in total. The molecule has 0 saturated carbocycles. The summed E-state index contributed by atoms with van der Waals surface area (Å²) in [4.78, 5) is 24.7. The van der Waals surface area contributed by atoms with Crippen LogP contribution in [0.2, 0.25) is 0 Å². The van der Waals surface area contributed by atoms with Crippen molar-refractivity contribution in [1.82, 2.24) is 0 Å². The van der Waals surface area contributed by atoms with E-state index in [1.165, 1.54) is 0 Å². The highest BCUT2D eigenvalue weighted by molar-refractivity contribution is 6.07. The number of para-hydroxylation sites is 1. The molecule has 0 radical (unpaired) electrons. The van der Waals surface area contributed by atoms with Crippen LogP contribution in [-0.2, 0) is 19.7 Å². The summed E-state index contributed by atoms with van der Waals surface area (Å²) >= 11 is 0. The summed E-state index contributed by atoms with van der Waals surface area (Å²) in [6.07, 6.45) is 3.75. The number of anilines is 1. The number of esters is 1. The molecule has 0 saturated heterocycles. The van der Waals surface area contributed by atoms with E-state index in [1.807, 2.05) is 30.3 Å². The van der Waals surface area contributed by atoms with Crippen molar-refractivity contribution in [3.05, 3.63) is 41.5 Å². The third kappa shape index (κ3) is 1.83. The van der Waals surface area contributed by atoms with Gasteiger partial charge in [-0.2, -0.15) is 0 Å². The van der Waals surface area contributed by atoms with Gasteiger partial charge in [-0.05, 0) is 37.8 Å². The fourth-order valence-electron chi connectivity index (χ4n) is 3.15. The van der Waals surface area contributed by atoms with Crippen molar-refractivity contribution >= 4 is 17.6 Å². The van der Waals surface area contributed by atoms with Crippen LogP contribution in [0, 0.1) is 0 Å². The van der Waals surface area contributed by atoms with Gasteiger partial charge in [-0.25, -0.2) is 0 Å². The molecule has 1 aliphatic heterocycles. The highest BCUT2D eigenvalue weighted by Crippen LogP contribution is 2.45. The van der Waals surface area contributed by atoms with E-state index in [0.717, 1.165) is 17.7 Å². The molecule has 1 aliphatic carbocycles. The predicted octanol–water partition coefficient (Wildman–Crippen LogP) is 2.55. The summed E-state index contributed by atoms with van der Waals surface area (Å²) in [5.41, 5.74) is 1.54. The maximum absolute atomic E-state index is 12.6. The van der Waals surface area contributed by atoms with E-state index in [-0.39, 0.29) is 11.9 Å². The van der Waals surface area contributed by atoms with Crippen LogP contribution in [-0.4, -0.2) is 18.5 Å². The van der Waals surface area contributed by atoms with Gasteiger partial charge in [-0.3, -0.25) is 9.59 Å². The normalized spacial score (nSPS) is 24.1. The second kappa shape index (κ2) is 4.78. The molecule has 20 heavy (non-hydrogen) atoms. The standard InChI is InChI=1S/C16H17NO3/c1-2-20-15(19)16-9-5-6-11(10-16)14(18)17-13-8-4-3-7-12(13)16/h3-4,6-8H,2,5,9-10H2,1H3,(H,17,18). The van der Waals surface area contributed by atoms with E-state index in [0.29, 0.717) is 25.0 Å². The van der Waals surface area contributed by atoms with Crippen LogP contribution < -0.4 is 5.32 Å². The Balaban J connectivity index is 2.18. The van der Waals surface area contributed by atoms with Crippen LogP contribution in [0.3, 0.4) is 0 Å². The monoisotopic (exact) mass is 271 g/mol. The highest BCUT2D eigenvalue weighted by Gasteiger charge is 2.47. The van der Waals surface area contributed by atoms with Crippen LogP contribution in [0.25, 0.3) is 0 Å². The molecule has 3 rings (SSSR count). The Bertz CT molecular complexity index is 605. The number of carbonyl (C=O) groups is 2. The minimum atomic E-state index is -0.726. The van der Waals surface area contributed by atoms with Gasteiger partial charge < -0.3 is 10.1 Å². The Morgan fingerprint density at radius 2 is 2.20 bits per heavy atom. The van der Waals surface area contributed by atoms with Gasteiger partial charge in [0.2, 0.25) is 0 Å². The average Bonchev–Trinajstić information content (AvgIpc) is 2.55. The summed E-state index contributed by atoms with van der Waals surface area (Å²) in [5.74, 6) is -0.335. The van der Waals surface area contributed by atoms with Crippen molar-refractivity contribution in [3.8, 4) is 0 Å². The number of nitrogens with one attached hydrogen (secondary N) is 1. The van der Waals surface area contributed by atoms with Gasteiger partial charge in [0.05, 0.1) is 12.0 Å². The lowest BCUT2D eigenvalue weighted by Gasteiger charge is -2.33. The maximum Gasteiger partial charge on any atom is 0.316 e. The molecule has 0 fully saturated rings. The zero-order valence-corrected chi connectivity index (χ0v) is 11.4. The van der Waals surface area contributed by atoms with Crippen LogP contribution >= 0.6 is 0 Å². The number of amides is 1. The summed E-state index contributed by atoms with van der Waals surface area (Å²) in [6.45, 7) is 2.16. The van der Waals surface area contributed by atoms with Gasteiger partial charge in [0.25, 0.3) is 5.91 Å². The highest BCUT2D eigenvalue weighted by atomic mass is 16.5. The molecule has 0 aromatic heterocycles. The molecule has 4 heteroatoms. The first kappa shape index (κ1) is 12.9. The van der Waals surface area contributed by atoms with E-state index in [9.17, 15) is 9.59 Å². The fourth-order valence-corrected chi connectivity index (χ4v) is 3.15. The molecular weight excluding hydrogens is 254 g/mol. The van der Waals surface area contributed by atoms with Crippen LogP contribution in [0.4, 0.5) is 5.69 Å². The van der Waals surface area contributed by atoms with E-state index in [1.54, 1.807) is 6.92 Å². The Morgan fingerprint density at radius 3 is 3.00 bits per heavy atom. The lowest BCUT2D eigenvalue weighted by atomic mass is 9.69. The molecule has 4 nitrogen and oxygen atoms in total. The number of fused-ring (bicyclic) bond motifs is 4.